The van der Waals surface area contributed by atoms with Gasteiger partial charge in [-0.2, -0.15) is 0 Å². The fourth-order valence-corrected chi connectivity index (χ4v) is 3.95. The van der Waals surface area contributed by atoms with Gasteiger partial charge in [-0.05, 0) is 62.4 Å². The fraction of sp³-hybridized carbons (Fsp3) is 0.292. The molecule has 1 aliphatic rings. The molecule has 1 aliphatic heterocycles. The molecule has 8 heteroatoms. The molecule has 3 amide bonds. The average Bonchev–Trinajstić information content (AvgIpc) is 3.04. The van der Waals surface area contributed by atoms with E-state index in [2.05, 4.69) is 5.32 Å². The first-order valence-corrected chi connectivity index (χ1v) is 11.2. The molecule has 32 heavy (non-hydrogen) atoms. The number of thioether (sulfide) groups is 1. The summed E-state index contributed by atoms with van der Waals surface area (Å²) in [5.41, 5.74) is 2.38. The summed E-state index contributed by atoms with van der Waals surface area (Å²) in [5, 5.41) is 2.40. The molecule has 0 radical (unpaired) electrons. The molecule has 7 nitrogen and oxygen atoms in total. The van der Waals surface area contributed by atoms with Gasteiger partial charge in [0.15, 0.2) is 11.5 Å². The van der Waals surface area contributed by atoms with E-state index in [1.165, 1.54) is 0 Å². The van der Waals surface area contributed by atoms with Crippen LogP contribution in [0.15, 0.2) is 47.4 Å². The Labute approximate surface area is 191 Å². The summed E-state index contributed by atoms with van der Waals surface area (Å²) in [6, 6.07) is 12.7. The summed E-state index contributed by atoms with van der Waals surface area (Å²) in [7, 11) is 0. The Morgan fingerprint density at radius 1 is 1.03 bits per heavy atom. The van der Waals surface area contributed by atoms with Crippen LogP contribution in [0.3, 0.4) is 0 Å². The van der Waals surface area contributed by atoms with Gasteiger partial charge in [-0.1, -0.05) is 29.8 Å². The summed E-state index contributed by atoms with van der Waals surface area (Å²) in [6.45, 7) is 6.88. The van der Waals surface area contributed by atoms with Crippen LogP contribution in [0.4, 0.5) is 4.79 Å². The lowest BCUT2D eigenvalue weighted by molar-refractivity contribution is -0.122. The predicted molar refractivity (Wildman–Crippen MR) is 125 cm³/mol. The third-order valence-corrected chi connectivity index (χ3v) is 5.58. The highest BCUT2D eigenvalue weighted by molar-refractivity contribution is 8.18. The molecule has 0 atom stereocenters. The first-order valence-electron chi connectivity index (χ1n) is 10.4. The van der Waals surface area contributed by atoms with Crippen LogP contribution in [0.1, 0.15) is 35.3 Å². The minimum absolute atomic E-state index is 0.0942. The second-order valence-corrected chi connectivity index (χ2v) is 8.02. The van der Waals surface area contributed by atoms with Gasteiger partial charge in [0.2, 0.25) is 0 Å². The van der Waals surface area contributed by atoms with E-state index in [0.717, 1.165) is 27.8 Å². The topological polar surface area (TPSA) is 84.9 Å². The SMILES string of the molecule is CCOc1ccc(C(=O)NCCN2C(=O)S/C(=C\c3ccc(C)cc3)C2=O)cc1OCC. The van der Waals surface area contributed by atoms with Crippen molar-refractivity contribution in [3.63, 3.8) is 0 Å². The van der Waals surface area contributed by atoms with Gasteiger partial charge in [-0.25, -0.2) is 0 Å². The fourth-order valence-electron chi connectivity index (χ4n) is 3.08. The van der Waals surface area contributed by atoms with Crippen molar-refractivity contribution >= 4 is 34.9 Å². The zero-order valence-corrected chi connectivity index (χ0v) is 19.2. The molecule has 1 heterocycles. The molecule has 0 spiro atoms. The van der Waals surface area contributed by atoms with E-state index in [0.29, 0.717) is 35.2 Å². The smallest absolute Gasteiger partial charge is 0.293 e. The number of carbonyl (C=O) groups is 3. The molecule has 0 bridgehead atoms. The highest BCUT2D eigenvalue weighted by Crippen LogP contribution is 2.32. The van der Waals surface area contributed by atoms with Crippen molar-refractivity contribution in [1.29, 1.82) is 0 Å². The molecule has 1 N–H and O–H groups in total. The Kier molecular flexibility index (Phi) is 7.94. The van der Waals surface area contributed by atoms with E-state index in [9.17, 15) is 14.4 Å². The van der Waals surface area contributed by atoms with Gasteiger partial charge >= 0.3 is 0 Å². The van der Waals surface area contributed by atoms with Crippen LogP contribution < -0.4 is 14.8 Å². The van der Waals surface area contributed by atoms with E-state index in [1.54, 1.807) is 24.3 Å². The number of nitrogens with zero attached hydrogens (tertiary/aromatic N) is 1. The summed E-state index contributed by atoms with van der Waals surface area (Å²) in [4.78, 5) is 39.0. The number of rotatable bonds is 9. The van der Waals surface area contributed by atoms with Gasteiger partial charge in [0.1, 0.15) is 0 Å². The maximum Gasteiger partial charge on any atom is 0.293 e. The van der Waals surface area contributed by atoms with Crippen molar-refractivity contribution in [1.82, 2.24) is 10.2 Å². The van der Waals surface area contributed by atoms with E-state index < -0.39 is 0 Å². The van der Waals surface area contributed by atoms with Crippen LogP contribution in [0.2, 0.25) is 0 Å². The summed E-state index contributed by atoms with van der Waals surface area (Å²) in [5.74, 6) is 0.393. The van der Waals surface area contributed by atoms with Crippen molar-refractivity contribution in [3.8, 4) is 11.5 Å². The molecule has 2 aromatic carbocycles. The van der Waals surface area contributed by atoms with Crippen LogP contribution in [-0.4, -0.2) is 48.3 Å². The van der Waals surface area contributed by atoms with Gasteiger partial charge < -0.3 is 14.8 Å². The third-order valence-electron chi connectivity index (χ3n) is 4.68. The molecule has 1 fully saturated rings. The first kappa shape index (κ1) is 23.4. The largest absolute Gasteiger partial charge is 0.490 e. The number of hydrogen-bond acceptors (Lipinski definition) is 6. The highest BCUT2D eigenvalue weighted by Gasteiger charge is 2.34. The minimum Gasteiger partial charge on any atom is -0.490 e. The standard InChI is InChI=1S/C24H26N2O5S/c1-4-30-19-11-10-18(15-20(19)31-5-2)22(27)25-12-13-26-23(28)21(32-24(26)29)14-17-8-6-16(3)7-9-17/h6-11,14-15H,4-5,12-13H2,1-3H3,(H,25,27)/b21-14-. The number of benzene rings is 2. The van der Waals surface area contributed by atoms with Crippen LogP contribution in [-0.2, 0) is 4.79 Å². The minimum atomic E-state index is -0.352. The summed E-state index contributed by atoms with van der Waals surface area (Å²) >= 11 is 0.905. The summed E-state index contributed by atoms with van der Waals surface area (Å²) < 4.78 is 11.1. The Morgan fingerprint density at radius 3 is 2.41 bits per heavy atom. The Bertz CT molecular complexity index is 1030. The van der Waals surface area contributed by atoms with E-state index in [4.69, 9.17) is 9.47 Å². The lowest BCUT2D eigenvalue weighted by Gasteiger charge is -2.14. The van der Waals surface area contributed by atoms with E-state index in [-0.39, 0.29) is 30.1 Å². The van der Waals surface area contributed by atoms with Crippen LogP contribution >= 0.6 is 11.8 Å². The Hall–Kier alpha value is -3.26. The molecule has 0 unspecified atom stereocenters. The van der Waals surface area contributed by atoms with Crippen LogP contribution in [0.25, 0.3) is 6.08 Å². The molecular weight excluding hydrogens is 428 g/mol. The number of imide groups is 1. The number of ether oxygens (including phenoxy) is 2. The van der Waals surface area contributed by atoms with Gasteiger partial charge in [0.05, 0.1) is 18.1 Å². The zero-order chi connectivity index (χ0) is 23.1. The number of aryl methyl sites for hydroxylation is 1. The maximum atomic E-state index is 12.6. The lowest BCUT2D eigenvalue weighted by Crippen LogP contribution is -2.37. The van der Waals surface area contributed by atoms with Gasteiger partial charge in [0, 0.05) is 18.7 Å². The molecule has 0 saturated carbocycles. The van der Waals surface area contributed by atoms with Crippen molar-refractivity contribution in [3.05, 3.63) is 64.1 Å². The van der Waals surface area contributed by atoms with E-state index in [1.807, 2.05) is 45.0 Å². The maximum absolute atomic E-state index is 12.6. The predicted octanol–water partition coefficient (Wildman–Crippen LogP) is 4.26. The van der Waals surface area contributed by atoms with Gasteiger partial charge in [-0.3, -0.25) is 19.3 Å². The molecule has 0 aromatic heterocycles. The van der Waals surface area contributed by atoms with Gasteiger partial charge in [0.25, 0.3) is 17.1 Å². The number of nitrogens with one attached hydrogen (secondary N) is 1. The van der Waals surface area contributed by atoms with Gasteiger partial charge in [-0.15, -0.1) is 0 Å². The summed E-state index contributed by atoms with van der Waals surface area (Å²) in [6.07, 6.45) is 1.71. The lowest BCUT2D eigenvalue weighted by atomic mass is 10.1. The molecule has 2 aromatic rings. The second kappa shape index (κ2) is 10.9. The normalized spacial score (nSPS) is 14.7. The van der Waals surface area contributed by atoms with Crippen molar-refractivity contribution in [2.45, 2.75) is 20.8 Å². The zero-order valence-electron chi connectivity index (χ0n) is 18.3. The molecular formula is C24H26N2O5S. The molecule has 168 valence electrons. The van der Waals surface area contributed by atoms with E-state index >= 15 is 0 Å². The molecule has 0 aliphatic carbocycles. The quantitative estimate of drug-likeness (QED) is 0.570. The van der Waals surface area contributed by atoms with Crippen molar-refractivity contribution in [2.24, 2.45) is 0 Å². The van der Waals surface area contributed by atoms with Crippen LogP contribution in [0, 0.1) is 6.92 Å². The van der Waals surface area contributed by atoms with Crippen molar-refractivity contribution in [2.75, 3.05) is 26.3 Å². The molecule has 3 rings (SSSR count). The first-order chi connectivity index (χ1) is 15.4. The van der Waals surface area contributed by atoms with Crippen LogP contribution in [0.5, 0.6) is 11.5 Å². The number of carbonyl (C=O) groups excluding carboxylic acids is 3. The number of hydrogen-bond donors (Lipinski definition) is 1. The Morgan fingerprint density at radius 2 is 1.72 bits per heavy atom. The monoisotopic (exact) mass is 454 g/mol. The second-order valence-electron chi connectivity index (χ2n) is 7.03. The third kappa shape index (κ3) is 5.70. The molecule has 1 saturated heterocycles. The average molecular weight is 455 g/mol. The van der Waals surface area contributed by atoms with Crippen molar-refractivity contribution < 1.29 is 23.9 Å². The highest BCUT2D eigenvalue weighted by atomic mass is 32.2. The Balaban J connectivity index is 1.59. The number of amides is 3.